The van der Waals surface area contributed by atoms with Gasteiger partial charge in [-0.3, -0.25) is 9.59 Å². The molecular formula is C14H21N3O2. The predicted octanol–water partition coefficient (Wildman–Crippen LogP) is 0.898. The van der Waals surface area contributed by atoms with Crippen molar-refractivity contribution in [2.45, 2.75) is 20.3 Å². The van der Waals surface area contributed by atoms with E-state index in [0.717, 1.165) is 5.56 Å². The molecule has 4 N–H and O–H groups in total. The first kappa shape index (κ1) is 15.2. The molecule has 5 heteroatoms. The lowest BCUT2D eigenvalue weighted by atomic mass is 9.92. The molecule has 0 aliphatic heterocycles. The molecule has 0 radical (unpaired) electrons. The Hall–Kier alpha value is -1.88. The number of hydrogen-bond acceptors (Lipinski definition) is 3. The number of anilines is 1. The van der Waals surface area contributed by atoms with Crippen LogP contribution in [0, 0.1) is 5.41 Å². The van der Waals surface area contributed by atoms with Crippen LogP contribution in [-0.2, 0) is 16.0 Å². The van der Waals surface area contributed by atoms with E-state index in [1.165, 1.54) is 0 Å². The monoisotopic (exact) mass is 263 g/mol. The molecule has 1 aromatic rings. The van der Waals surface area contributed by atoms with Gasteiger partial charge in [-0.2, -0.15) is 0 Å². The summed E-state index contributed by atoms with van der Waals surface area (Å²) in [5.41, 5.74) is 6.55. The first-order valence-corrected chi connectivity index (χ1v) is 6.20. The van der Waals surface area contributed by atoms with Crippen LogP contribution in [0.4, 0.5) is 5.69 Å². The maximum atomic E-state index is 11.9. The third-order valence-corrected chi connectivity index (χ3v) is 2.98. The molecule has 1 aromatic carbocycles. The Morgan fingerprint density at radius 2 is 1.79 bits per heavy atom. The van der Waals surface area contributed by atoms with Crippen LogP contribution >= 0.6 is 0 Å². The van der Waals surface area contributed by atoms with Crippen LogP contribution in [0.1, 0.15) is 19.4 Å². The van der Waals surface area contributed by atoms with Gasteiger partial charge in [0, 0.05) is 19.3 Å². The maximum Gasteiger partial charge on any atom is 0.231 e. The van der Waals surface area contributed by atoms with E-state index in [2.05, 4.69) is 10.6 Å². The molecule has 0 spiro atoms. The molecule has 0 bridgehead atoms. The molecule has 0 fully saturated rings. The van der Waals surface area contributed by atoms with E-state index in [0.29, 0.717) is 12.1 Å². The summed E-state index contributed by atoms with van der Waals surface area (Å²) >= 11 is 0. The number of rotatable bonds is 5. The van der Waals surface area contributed by atoms with Gasteiger partial charge in [0.15, 0.2) is 0 Å². The van der Waals surface area contributed by atoms with E-state index >= 15 is 0 Å². The summed E-state index contributed by atoms with van der Waals surface area (Å²) in [6, 6.07) is 7.20. The summed E-state index contributed by atoms with van der Waals surface area (Å²) in [4.78, 5) is 23.1. The lowest BCUT2D eigenvalue weighted by Crippen LogP contribution is -2.37. The number of benzene rings is 1. The van der Waals surface area contributed by atoms with Crippen molar-refractivity contribution in [3.63, 3.8) is 0 Å². The average molecular weight is 263 g/mol. The highest BCUT2D eigenvalue weighted by molar-refractivity contribution is 5.95. The van der Waals surface area contributed by atoms with E-state index in [9.17, 15) is 9.59 Å². The highest BCUT2D eigenvalue weighted by Gasteiger charge is 2.25. The van der Waals surface area contributed by atoms with E-state index in [4.69, 9.17) is 5.73 Å². The van der Waals surface area contributed by atoms with E-state index in [1.807, 2.05) is 12.1 Å². The Balaban J connectivity index is 2.67. The highest BCUT2D eigenvalue weighted by atomic mass is 16.2. The lowest BCUT2D eigenvalue weighted by molar-refractivity contribution is -0.123. The van der Waals surface area contributed by atoms with Gasteiger partial charge in [0.25, 0.3) is 0 Å². The van der Waals surface area contributed by atoms with Crippen LogP contribution in [0.2, 0.25) is 0 Å². The number of hydrogen-bond donors (Lipinski definition) is 3. The van der Waals surface area contributed by atoms with E-state index in [1.54, 1.807) is 33.0 Å². The van der Waals surface area contributed by atoms with Gasteiger partial charge in [-0.25, -0.2) is 0 Å². The molecule has 104 valence electrons. The first-order valence-electron chi connectivity index (χ1n) is 6.20. The summed E-state index contributed by atoms with van der Waals surface area (Å²) in [6.07, 6.45) is 0.332. The van der Waals surface area contributed by atoms with Gasteiger partial charge < -0.3 is 16.4 Å². The van der Waals surface area contributed by atoms with Gasteiger partial charge in [0.1, 0.15) is 0 Å². The van der Waals surface area contributed by atoms with Crippen LogP contribution in [0.3, 0.4) is 0 Å². The number of carbonyl (C=O) groups is 2. The van der Waals surface area contributed by atoms with Gasteiger partial charge in [-0.1, -0.05) is 12.1 Å². The zero-order valence-corrected chi connectivity index (χ0v) is 11.6. The number of likely N-dealkylation sites (N-methyl/N-ethyl adjacent to an activating group) is 1. The summed E-state index contributed by atoms with van der Waals surface area (Å²) in [5.74, 6) is -0.157. The normalized spacial score (nSPS) is 10.9. The second-order valence-corrected chi connectivity index (χ2v) is 5.09. The molecular weight excluding hydrogens is 242 g/mol. The Morgan fingerprint density at radius 1 is 1.21 bits per heavy atom. The van der Waals surface area contributed by atoms with E-state index < -0.39 is 5.41 Å². The number of nitrogens with two attached hydrogens (primary N) is 1. The zero-order valence-electron chi connectivity index (χ0n) is 11.6. The van der Waals surface area contributed by atoms with Gasteiger partial charge in [-0.05, 0) is 31.5 Å². The number of carbonyl (C=O) groups excluding carboxylic acids is 2. The molecule has 2 amide bonds. The fraction of sp³-hybridized carbons (Fsp3) is 0.429. The molecule has 5 nitrogen and oxygen atoms in total. The maximum absolute atomic E-state index is 11.9. The minimum absolute atomic E-state index is 0.0407. The Labute approximate surface area is 113 Å². The minimum atomic E-state index is -0.596. The van der Waals surface area contributed by atoms with Gasteiger partial charge >= 0.3 is 0 Å². The Kier molecular flexibility index (Phi) is 5.06. The molecule has 0 aliphatic rings. The predicted molar refractivity (Wildman–Crippen MR) is 75.7 cm³/mol. The van der Waals surface area contributed by atoms with Crippen molar-refractivity contribution in [3.8, 4) is 0 Å². The molecule has 0 atom stereocenters. The van der Waals surface area contributed by atoms with Crippen molar-refractivity contribution < 1.29 is 9.59 Å². The highest BCUT2D eigenvalue weighted by Crippen LogP contribution is 2.17. The minimum Gasteiger partial charge on any atom is -0.359 e. The smallest absolute Gasteiger partial charge is 0.231 e. The Morgan fingerprint density at radius 3 is 2.26 bits per heavy atom. The second-order valence-electron chi connectivity index (χ2n) is 5.09. The van der Waals surface area contributed by atoms with Crippen LogP contribution in [0.5, 0.6) is 0 Å². The SMILES string of the molecule is CNC(=O)Cc1ccc(NC(=O)C(C)(C)CN)cc1. The summed E-state index contributed by atoms with van der Waals surface area (Å²) < 4.78 is 0. The summed E-state index contributed by atoms with van der Waals surface area (Å²) in [6.45, 7) is 3.87. The largest absolute Gasteiger partial charge is 0.359 e. The van der Waals surface area contributed by atoms with Gasteiger partial charge in [0.2, 0.25) is 11.8 Å². The van der Waals surface area contributed by atoms with Crippen LogP contribution < -0.4 is 16.4 Å². The molecule has 0 saturated heterocycles. The lowest BCUT2D eigenvalue weighted by Gasteiger charge is -2.21. The molecule has 1 rings (SSSR count). The van der Waals surface area contributed by atoms with Gasteiger partial charge in [0.05, 0.1) is 11.8 Å². The average Bonchev–Trinajstić information content (AvgIpc) is 2.40. The second kappa shape index (κ2) is 6.33. The van der Waals surface area contributed by atoms with Crippen molar-refractivity contribution in [1.82, 2.24) is 5.32 Å². The van der Waals surface area contributed by atoms with Crippen LogP contribution in [0.15, 0.2) is 24.3 Å². The van der Waals surface area contributed by atoms with Crippen molar-refractivity contribution >= 4 is 17.5 Å². The molecule has 0 aliphatic carbocycles. The molecule has 0 aromatic heterocycles. The third-order valence-electron chi connectivity index (χ3n) is 2.98. The van der Waals surface area contributed by atoms with E-state index in [-0.39, 0.29) is 18.4 Å². The summed E-state index contributed by atoms with van der Waals surface area (Å²) in [7, 11) is 1.60. The van der Waals surface area contributed by atoms with Crippen molar-refractivity contribution in [1.29, 1.82) is 0 Å². The first-order chi connectivity index (χ1) is 8.89. The van der Waals surface area contributed by atoms with Gasteiger partial charge in [-0.15, -0.1) is 0 Å². The van der Waals surface area contributed by atoms with Crippen LogP contribution in [-0.4, -0.2) is 25.4 Å². The quantitative estimate of drug-likeness (QED) is 0.738. The van der Waals surface area contributed by atoms with Crippen molar-refractivity contribution in [3.05, 3.63) is 29.8 Å². The summed E-state index contributed by atoms with van der Waals surface area (Å²) in [5, 5.41) is 5.37. The molecule has 19 heavy (non-hydrogen) atoms. The topological polar surface area (TPSA) is 84.2 Å². The molecule has 0 heterocycles. The fourth-order valence-corrected chi connectivity index (χ4v) is 1.37. The Bertz CT molecular complexity index is 452. The number of nitrogens with one attached hydrogen (secondary N) is 2. The fourth-order valence-electron chi connectivity index (χ4n) is 1.37. The standard InChI is InChI=1S/C14H21N3O2/c1-14(2,9-15)13(19)17-11-6-4-10(5-7-11)8-12(18)16-3/h4-7H,8-9,15H2,1-3H3,(H,16,18)(H,17,19). The zero-order chi connectivity index (χ0) is 14.5. The molecule has 0 saturated carbocycles. The molecule has 0 unspecified atom stereocenters. The third kappa shape index (κ3) is 4.37. The van der Waals surface area contributed by atoms with Crippen LogP contribution in [0.25, 0.3) is 0 Å². The number of amides is 2. The van der Waals surface area contributed by atoms with Crippen molar-refractivity contribution in [2.75, 3.05) is 18.9 Å². The van der Waals surface area contributed by atoms with Crippen molar-refractivity contribution in [2.24, 2.45) is 11.1 Å².